The Bertz CT molecular complexity index is 419. The van der Waals surface area contributed by atoms with Crippen molar-refractivity contribution in [2.75, 3.05) is 26.7 Å². The van der Waals surface area contributed by atoms with Crippen molar-refractivity contribution in [3.8, 4) is 0 Å². The molecule has 2 rings (SSSR count). The molecule has 106 valence electrons. The number of nitrogens with two attached hydrogens (primary N) is 1. The van der Waals surface area contributed by atoms with E-state index in [1.807, 2.05) is 7.11 Å². The monoisotopic (exact) mass is 262 g/mol. The SMILES string of the molecule is COC1CCCN(C(CN)c2cccc(C)c2C)C1. The van der Waals surface area contributed by atoms with Crippen LogP contribution in [0.1, 0.15) is 35.6 Å². The lowest BCUT2D eigenvalue weighted by Crippen LogP contribution is -2.43. The maximum atomic E-state index is 6.06. The summed E-state index contributed by atoms with van der Waals surface area (Å²) in [7, 11) is 1.81. The van der Waals surface area contributed by atoms with E-state index in [1.165, 1.54) is 23.1 Å². The van der Waals surface area contributed by atoms with Crippen LogP contribution in [0.4, 0.5) is 0 Å². The van der Waals surface area contributed by atoms with E-state index in [0.29, 0.717) is 18.7 Å². The number of likely N-dealkylation sites (tertiary alicyclic amines) is 1. The van der Waals surface area contributed by atoms with E-state index in [2.05, 4.69) is 36.9 Å². The topological polar surface area (TPSA) is 38.5 Å². The zero-order valence-electron chi connectivity index (χ0n) is 12.4. The first kappa shape index (κ1) is 14.5. The summed E-state index contributed by atoms with van der Waals surface area (Å²) in [6.07, 6.45) is 2.71. The quantitative estimate of drug-likeness (QED) is 0.905. The fourth-order valence-corrected chi connectivity index (χ4v) is 3.05. The van der Waals surface area contributed by atoms with Crippen molar-refractivity contribution < 1.29 is 4.74 Å². The molecule has 1 aromatic carbocycles. The summed E-state index contributed by atoms with van der Waals surface area (Å²) in [5.41, 5.74) is 10.1. The van der Waals surface area contributed by atoms with Gasteiger partial charge in [-0.3, -0.25) is 4.90 Å². The Hall–Kier alpha value is -0.900. The zero-order valence-corrected chi connectivity index (χ0v) is 12.4. The van der Waals surface area contributed by atoms with Gasteiger partial charge in [0.1, 0.15) is 0 Å². The van der Waals surface area contributed by atoms with Gasteiger partial charge in [0.25, 0.3) is 0 Å². The average molecular weight is 262 g/mol. The molecule has 1 fully saturated rings. The first-order valence-electron chi connectivity index (χ1n) is 7.20. The van der Waals surface area contributed by atoms with Gasteiger partial charge in [-0.25, -0.2) is 0 Å². The van der Waals surface area contributed by atoms with E-state index in [-0.39, 0.29) is 0 Å². The first-order chi connectivity index (χ1) is 9.17. The van der Waals surface area contributed by atoms with Crippen molar-refractivity contribution in [1.29, 1.82) is 0 Å². The predicted molar refractivity (Wildman–Crippen MR) is 79.3 cm³/mol. The van der Waals surface area contributed by atoms with Gasteiger partial charge in [0.05, 0.1) is 6.10 Å². The Labute approximate surface area is 116 Å². The van der Waals surface area contributed by atoms with Gasteiger partial charge in [-0.15, -0.1) is 0 Å². The fourth-order valence-electron chi connectivity index (χ4n) is 3.05. The van der Waals surface area contributed by atoms with Gasteiger partial charge in [0.15, 0.2) is 0 Å². The molecule has 1 aliphatic heterocycles. The smallest absolute Gasteiger partial charge is 0.0698 e. The van der Waals surface area contributed by atoms with Crippen LogP contribution in [0.25, 0.3) is 0 Å². The molecule has 1 aromatic rings. The normalized spacial score (nSPS) is 22.4. The van der Waals surface area contributed by atoms with E-state index in [1.54, 1.807) is 0 Å². The van der Waals surface area contributed by atoms with Crippen LogP contribution in [0.2, 0.25) is 0 Å². The molecular weight excluding hydrogens is 236 g/mol. The minimum Gasteiger partial charge on any atom is -0.380 e. The van der Waals surface area contributed by atoms with Crippen molar-refractivity contribution in [2.45, 2.75) is 38.8 Å². The van der Waals surface area contributed by atoms with Crippen LogP contribution < -0.4 is 5.73 Å². The van der Waals surface area contributed by atoms with Crippen molar-refractivity contribution >= 4 is 0 Å². The molecule has 19 heavy (non-hydrogen) atoms. The average Bonchev–Trinajstić information content (AvgIpc) is 2.44. The molecular formula is C16H26N2O. The number of hydrogen-bond donors (Lipinski definition) is 1. The molecule has 0 aliphatic carbocycles. The van der Waals surface area contributed by atoms with E-state index in [4.69, 9.17) is 10.5 Å². The lowest BCUT2D eigenvalue weighted by Gasteiger charge is -2.38. The second-order valence-corrected chi connectivity index (χ2v) is 5.54. The maximum Gasteiger partial charge on any atom is 0.0698 e. The Morgan fingerprint density at radius 3 is 2.89 bits per heavy atom. The van der Waals surface area contributed by atoms with E-state index in [0.717, 1.165) is 19.5 Å². The molecule has 0 spiro atoms. The second kappa shape index (κ2) is 6.51. The highest BCUT2D eigenvalue weighted by molar-refractivity contribution is 5.35. The Morgan fingerprint density at radius 2 is 2.21 bits per heavy atom. The highest BCUT2D eigenvalue weighted by Gasteiger charge is 2.26. The number of benzene rings is 1. The molecule has 1 heterocycles. The molecule has 3 nitrogen and oxygen atoms in total. The highest BCUT2D eigenvalue weighted by atomic mass is 16.5. The van der Waals surface area contributed by atoms with Crippen LogP contribution in [0.5, 0.6) is 0 Å². The van der Waals surface area contributed by atoms with Crippen LogP contribution in [-0.4, -0.2) is 37.7 Å². The summed E-state index contributed by atoms with van der Waals surface area (Å²) in [6.45, 7) is 7.15. The molecule has 2 atom stereocenters. The zero-order chi connectivity index (χ0) is 13.8. The van der Waals surface area contributed by atoms with Crippen molar-refractivity contribution in [3.63, 3.8) is 0 Å². The molecule has 1 aliphatic rings. The second-order valence-electron chi connectivity index (χ2n) is 5.54. The minimum absolute atomic E-state index is 0.317. The van der Waals surface area contributed by atoms with E-state index < -0.39 is 0 Å². The van der Waals surface area contributed by atoms with E-state index >= 15 is 0 Å². The first-order valence-corrected chi connectivity index (χ1v) is 7.20. The van der Waals surface area contributed by atoms with Crippen LogP contribution in [-0.2, 0) is 4.74 Å². The predicted octanol–water partition coefficient (Wildman–Crippen LogP) is 2.41. The highest BCUT2D eigenvalue weighted by Crippen LogP contribution is 2.28. The van der Waals surface area contributed by atoms with Gasteiger partial charge in [0, 0.05) is 26.2 Å². The van der Waals surface area contributed by atoms with Crippen LogP contribution in [0.3, 0.4) is 0 Å². The largest absolute Gasteiger partial charge is 0.380 e. The maximum absolute atomic E-state index is 6.06. The van der Waals surface area contributed by atoms with Crippen LogP contribution in [0, 0.1) is 13.8 Å². The van der Waals surface area contributed by atoms with Crippen molar-refractivity contribution in [3.05, 3.63) is 34.9 Å². The number of nitrogens with zero attached hydrogens (tertiary/aromatic N) is 1. The number of piperidine rings is 1. The molecule has 0 aromatic heterocycles. The summed E-state index contributed by atoms with van der Waals surface area (Å²) in [5, 5.41) is 0. The van der Waals surface area contributed by atoms with Gasteiger partial charge in [-0.05, 0) is 49.9 Å². The summed E-state index contributed by atoms with van der Waals surface area (Å²) < 4.78 is 5.52. The standard InChI is InChI=1S/C16H26N2O/c1-12-6-4-8-15(13(12)2)16(10-17)18-9-5-7-14(11-18)19-3/h4,6,8,14,16H,5,7,9-11,17H2,1-3H3. The molecule has 0 saturated carbocycles. The van der Waals surface area contributed by atoms with Gasteiger partial charge < -0.3 is 10.5 Å². The number of hydrogen-bond acceptors (Lipinski definition) is 3. The van der Waals surface area contributed by atoms with Crippen molar-refractivity contribution in [2.24, 2.45) is 5.73 Å². The van der Waals surface area contributed by atoms with E-state index in [9.17, 15) is 0 Å². The number of aryl methyl sites for hydroxylation is 1. The van der Waals surface area contributed by atoms with Gasteiger partial charge >= 0.3 is 0 Å². The molecule has 2 unspecified atom stereocenters. The number of rotatable bonds is 4. The third-order valence-electron chi connectivity index (χ3n) is 4.41. The number of ether oxygens (including phenoxy) is 1. The summed E-state index contributed by atoms with van der Waals surface area (Å²) >= 11 is 0. The molecule has 2 N–H and O–H groups in total. The number of methoxy groups -OCH3 is 1. The van der Waals surface area contributed by atoms with Crippen LogP contribution in [0.15, 0.2) is 18.2 Å². The molecule has 3 heteroatoms. The molecule has 0 bridgehead atoms. The third-order valence-corrected chi connectivity index (χ3v) is 4.41. The molecule has 1 saturated heterocycles. The lowest BCUT2D eigenvalue weighted by molar-refractivity contribution is 0.0154. The minimum atomic E-state index is 0.317. The summed E-state index contributed by atoms with van der Waals surface area (Å²) in [5.74, 6) is 0. The van der Waals surface area contributed by atoms with Gasteiger partial charge in [0.2, 0.25) is 0 Å². The van der Waals surface area contributed by atoms with Gasteiger partial charge in [-0.1, -0.05) is 18.2 Å². The van der Waals surface area contributed by atoms with Crippen LogP contribution >= 0.6 is 0 Å². The Kier molecular flexibility index (Phi) is 4.97. The molecule has 0 amide bonds. The summed E-state index contributed by atoms with van der Waals surface area (Å²) in [4.78, 5) is 2.49. The fraction of sp³-hybridized carbons (Fsp3) is 0.625. The summed E-state index contributed by atoms with van der Waals surface area (Å²) in [6, 6.07) is 6.84. The van der Waals surface area contributed by atoms with Gasteiger partial charge in [-0.2, -0.15) is 0 Å². The van der Waals surface area contributed by atoms with Crippen molar-refractivity contribution in [1.82, 2.24) is 4.90 Å². The Morgan fingerprint density at radius 1 is 1.42 bits per heavy atom. The lowest BCUT2D eigenvalue weighted by atomic mass is 9.94. The Balaban J connectivity index is 2.21. The third kappa shape index (κ3) is 3.16. The molecule has 0 radical (unpaired) electrons.